The van der Waals surface area contributed by atoms with E-state index in [1.165, 1.54) is 18.3 Å². The Labute approximate surface area is 189 Å². The SMILES string of the molecule is O=C(c1ccc(=O)[nH]c1)N1CCN(C(=O)c2cc(-c3cccnc3)nc3ccccc23)CC1. The topological polar surface area (TPSA) is 99.3 Å². The van der Waals surface area contributed by atoms with E-state index in [1.54, 1.807) is 22.2 Å². The van der Waals surface area contributed by atoms with E-state index in [-0.39, 0.29) is 17.4 Å². The zero-order valence-electron chi connectivity index (χ0n) is 17.8. The second kappa shape index (κ2) is 8.66. The highest BCUT2D eigenvalue weighted by Crippen LogP contribution is 2.26. The summed E-state index contributed by atoms with van der Waals surface area (Å²) in [7, 11) is 0. The minimum Gasteiger partial charge on any atom is -0.335 e. The lowest BCUT2D eigenvalue weighted by atomic mass is 10.0. The van der Waals surface area contributed by atoms with E-state index in [0.717, 1.165) is 16.5 Å². The summed E-state index contributed by atoms with van der Waals surface area (Å²) in [5, 5.41) is 0.793. The fraction of sp³-hybridized carbons (Fsp3) is 0.160. The molecule has 33 heavy (non-hydrogen) atoms. The van der Waals surface area contributed by atoms with E-state index < -0.39 is 0 Å². The molecule has 2 amide bonds. The predicted molar refractivity (Wildman–Crippen MR) is 124 cm³/mol. The molecule has 4 heterocycles. The number of rotatable bonds is 3. The number of nitrogens with one attached hydrogen (secondary N) is 1. The molecule has 0 saturated carbocycles. The summed E-state index contributed by atoms with van der Waals surface area (Å²) >= 11 is 0. The van der Waals surface area contributed by atoms with Crippen LogP contribution in [0, 0.1) is 0 Å². The smallest absolute Gasteiger partial charge is 0.255 e. The van der Waals surface area contributed by atoms with Gasteiger partial charge in [-0.3, -0.25) is 19.4 Å². The highest BCUT2D eigenvalue weighted by molar-refractivity contribution is 6.07. The first-order valence-electron chi connectivity index (χ1n) is 10.7. The molecule has 0 atom stereocenters. The molecule has 1 aliphatic heterocycles. The quantitative estimate of drug-likeness (QED) is 0.529. The number of nitrogens with zero attached hydrogens (tertiary/aromatic N) is 4. The van der Waals surface area contributed by atoms with Crippen molar-refractivity contribution in [3.05, 3.63) is 94.7 Å². The lowest BCUT2D eigenvalue weighted by molar-refractivity contribution is 0.0536. The molecule has 0 aliphatic carbocycles. The largest absolute Gasteiger partial charge is 0.335 e. The van der Waals surface area contributed by atoms with Gasteiger partial charge in [-0.2, -0.15) is 0 Å². The monoisotopic (exact) mass is 439 g/mol. The summed E-state index contributed by atoms with van der Waals surface area (Å²) < 4.78 is 0. The van der Waals surface area contributed by atoms with Crippen LogP contribution >= 0.6 is 0 Å². The van der Waals surface area contributed by atoms with Crippen LogP contribution in [0.5, 0.6) is 0 Å². The van der Waals surface area contributed by atoms with Gasteiger partial charge in [0, 0.05) is 61.8 Å². The molecule has 164 valence electrons. The summed E-state index contributed by atoms with van der Waals surface area (Å²) in [5.41, 5.74) is 3.03. The molecule has 0 radical (unpaired) electrons. The van der Waals surface area contributed by atoms with Gasteiger partial charge in [0.05, 0.1) is 22.3 Å². The molecule has 0 bridgehead atoms. The number of piperazine rings is 1. The van der Waals surface area contributed by atoms with Gasteiger partial charge in [0.15, 0.2) is 0 Å². The van der Waals surface area contributed by atoms with Crippen LogP contribution in [0.4, 0.5) is 0 Å². The molecule has 0 spiro atoms. The Morgan fingerprint density at radius 2 is 1.64 bits per heavy atom. The van der Waals surface area contributed by atoms with Gasteiger partial charge < -0.3 is 14.8 Å². The first-order valence-corrected chi connectivity index (χ1v) is 10.7. The van der Waals surface area contributed by atoms with Crippen molar-refractivity contribution in [1.82, 2.24) is 24.8 Å². The van der Waals surface area contributed by atoms with E-state index in [1.807, 2.05) is 42.5 Å². The number of aromatic nitrogens is 3. The summed E-state index contributed by atoms with van der Waals surface area (Å²) in [5.74, 6) is -0.249. The maximum Gasteiger partial charge on any atom is 0.255 e. The van der Waals surface area contributed by atoms with Crippen LogP contribution in [-0.4, -0.2) is 62.7 Å². The van der Waals surface area contributed by atoms with Crippen molar-refractivity contribution in [2.45, 2.75) is 0 Å². The Hall–Kier alpha value is -4.33. The third-order valence-corrected chi connectivity index (χ3v) is 5.79. The Balaban J connectivity index is 1.39. The number of H-pyrrole nitrogens is 1. The second-order valence-electron chi connectivity index (χ2n) is 7.84. The van der Waals surface area contributed by atoms with Crippen LogP contribution in [0.25, 0.3) is 22.2 Å². The maximum absolute atomic E-state index is 13.5. The van der Waals surface area contributed by atoms with Gasteiger partial charge in [-0.25, -0.2) is 4.98 Å². The number of hydrogen-bond donors (Lipinski definition) is 1. The predicted octanol–water partition coefficient (Wildman–Crippen LogP) is 2.58. The maximum atomic E-state index is 13.5. The molecule has 4 aromatic rings. The van der Waals surface area contributed by atoms with E-state index in [9.17, 15) is 14.4 Å². The van der Waals surface area contributed by atoms with Crippen LogP contribution < -0.4 is 5.56 Å². The van der Waals surface area contributed by atoms with Gasteiger partial charge in [0.25, 0.3) is 11.8 Å². The number of carbonyl (C=O) groups is 2. The number of amides is 2. The fourth-order valence-corrected chi connectivity index (χ4v) is 4.02. The summed E-state index contributed by atoms with van der Waals surface area (Å²) in [4.78, 5) is 52.4. The van der Waals surface area contributed by atoms with Crippen molar-refractivity contribution in [2.24, 2.45) is 0 Å². The Bertz CT molecular complexity index is 1370. The standard InChI is InChI=1S/C25H21N5O3/c31-23-8-7-18(16-27-23)24(32)29-10-12-30(13-11-29)25(33)20-14-22(17-4-3-9-26-15-17)28-21-6-2-1-5-19(20)21/h1-9,14-16H,10-13H2,(H,27,31). The Kier molecular flexibility index (Phi) is 5.40. The van der Waals surface area contributed by atoms with Crippen molar-refractivity contribution in [3.63, 3.8) is 0 Å². The molecule has 8 nitrogen and oxygen atoms in total. The third kappa shape index (κ3) is 4.10. The molecule has 1 fully saturated rings. The van der Waals surface area contributed by atoms with E-state index in [4.69, 9.17) is 4.98 Å². The molecule has 3 aromatic heterocycles. The number of benzene rings is 1. The van der Waals surface area contributed by atoms with Crippen LogP contribution in [0.3, 0.4) is 0 Å². The van der Waals surface area contributed by atoms with Gasteiger partial charge >= 0.3 is 0 Å². The number of para-hydroxylation sites is 1. The first kappa shape index (κ1) is 20.6. The highest BCUT2D eigenvalue weighted by atomic mass is 16.2. The van der Waals surface area contributed by atoms with Crippen molar-refractivity contribution in [1.29, 1.82) is 0 Å². The number of hydrogen-bond acceptors (Lipinski definition) is 5. The Morgan fingerprint density at radius 3 is 2.33 bits per heavy atom. The van der Waals surface area contributed by atoms with Gasteiger partial charge in [-0.05, 0) is 30.3 Å². The number of aromatic amines is 1. The average Bonchev–Trinajstić information content (AvgIpc) is 2.88. The second-order valence-corrected chi connectivity index (χ2v) is 7.84. The summed E-state index contributed by atoms with van der Waals surface area (Å²) in [6, 6.07) is 16.0. The molecular formula is C25H21N5O3. The normalized spacial score (nSPS) is 13.8. The van der Waals surface area contributed by atoms with Gasteiger partial charge in [0.2, 0.25) is 5.56 Å². The number of pyridine rings is 3. The molecule has 1 saturated heterocycles. The summed E-state index contributed by atoms with van der Waals surface area (Å²) in [6.45, 7) is 1.68. The van der Waals surface area contributed by atoms with Crippen molar-refractivity contribution in [2.75, 3.05) is 26.2 Å². The van der Waals surface area contributed by atoms with Crippen molar-refractivity contribution >= 4 is 22.7 Å². The minimum absolute atomic E-state index is 0.0881. The lowest BCUT2D eigenvalue weighted by Gasteiger charge is -2.35. The zero-order chi connectivity index (χ0) is 22.8. The van der Waals surface area contributed by atoms with Gasteiger partial charge in [0.1, 0.15) is 0 Å². The van der Waals surface area contributed by atoms with Crippen molar-refractivity contribution in [3.8, 4) is 11.3 Å². The van der Waals surface area contributed by atoms with Crippen LogP contribution in [0.15, 0.2) is 78.0 Å². The molecular weight excluding hydrogens is 418 g/mol. The van der Waals surface area contributed by atoms with Crippen LogP contribution in [0.1, 0.15) is 20.7 Å². The number of fused-ring (bicyclic) bond motifs is 1. The highest BCUT2D eigenvalue weighted by Gasteiger charge is 2.27. The van der Waals surface area contributed by atoms with Crippen molar-refractivity contribution < 1.29 is 9.59 Å². The molecule has 1 aliphatic rings. The van der Waals surface area contributed by atoms with Gasteiger partial charge in [-0.15, -0.1) is 0 Å². The minimum atomic E-state index is -0.253. The average molecular weight is 439 g/mol. The van der Waals surface area contributed by atoms with E-state index in [2.05, 4.69) is 9.97 Å². The van der Waals surface area contributed by atoms with Gasteiger partial charge in [-0.1, -0.05) is 18.2 Å². The van der Waals surface area contributed by atoms with Crippen LogP contribution in [0.2, 0.25) is 0 Å². The summed E-state index contributed by atoms with van der Waals surface area (Å²) in [6.07, 6.45) is 4.85. The molecule has 5 rings (SSSR count). The third-order valence-electron chi connectivity index (χ3n) is 5.79. The van der Waals surface area contributed by atoms with Crippen LogP contribution in [-0.2, 0) is 0 Å². The molecule has 0 unspecified atom stereocenters. The number of carbonyl (C=O) groups excluding carboxylic acids is 2. The Morgan fingerprint density at radius 1 is 0.879 bits per heavy atom. The molecule has 8 heteroatoms. The van der Waals surface area contributed by atoms with E-state index in [0.29, 0.717) is 43.0 Å². The first-order chi connectivity index (χ1) is 16.1. The fourth-order valence-electron chi connectivity index (χ4n) is 4.02. The zero-order valence-corrected chi connectivity index (χ0v) is 17.8. The molecule has 1 N–H and O–H groups in total. The molecule has 1 aromatic carbocycles. The lowest BCUT2D eigenvalue weighted by Crippen LogP contribution is -2.50. The van der Waals surface area contributed by atoms with E-state index >= 15 is 0 Å².